The van der Waals surface area contributed by atoms with Crippen molar-refractivity contribution in [2.24, 2.45) is 0 Å². The van der Waals surface area contributed by atoms with Crippen molar-refractivity contribution in [3.05, 3.63) is 29.5 Å². The summed E-state index contributed by atoms with van der Waals surface area (Å²) >= 11 is -2.23. The van der Waals surface area contributed by atoms with Gasteiger partial charge in [0, 0.05) is 0 Å². The van der Waals surface area contributed by atoms with Crippen LogP contribution in [0.5, 0.6) is 0 Å². The summed E-state index contributed by atoms with van der Waals surface area (Å²) in [6, 6.07) is 0. The number of hydrogen-bond donors (Lipinski definition) is 0. The van der Waals surface area contributed by atoms with Crippen LogP contribution in [0.25, 0.3) is 0 Å². The van der Waals surface area contributed by atoms with Gasteiger partial charge in [0.05, 0.1) is 0 Å². The number of unbranched alkanes of at least 4 members (excludes halogenated alkanes) is 3. The molecule has 20 heavy (non-hydrogen) atoms. The van der Waals surface area contributed by atoms with Crippen LogP contribution in [-0.4, -0.2) is 18.4 Å². The third-order valence-corrected chi connectivity index (χ3v) is 17.2. The zero-order valence-corrected chi connectivity index (χ0v) is 16.5. The van der Waals surface area contributed by atoms with E-state index in [1.807, 2.05) is 12.2 Å². The van der Waals surface area contributed by atoms with Crippen molar-refractivity contribution in [3.8, 4) is 9.86 Å². The molecule has 1 aliphatic rings. The van der Waals surface area contributed by atoms with Gasteiger partial charge >= 0.3 is 130 Å². The predicted octanol–water partition coefficient (Wildman–Crippen LogP) is 6.03. The molecular formula is C19H30Sn. The van der Waals surface area contributed by atoms with Crippen LogP contribution < -0.4 is 0 Å². The SMILES string of the molecule is CCC[CH2][Sn]([C]#CC1=C=CC=C1)([CH2]CCC)[CH2]CCC. The fourth-order valence-corrected chi connectivity index (χ4v) is 15.9. The average Bonchev–Trinajstić information content (AvgIpc) is 2.99. The van der Waals surface area contributed by atoms with Crippen molar-refractivity contribution < 1.29 is 0 Å². The Hall–Kier alpha value is -0.381. The van der Waals surface area contributed by atoms with Gasteiger partial charge in [-0.1, -0.05) is 0 Å². The standard InChI is InChI=1S/C7H3.3C4H9.Sn/c1-2-7-5-3-4-6-7;3*1-3-4-2;/h3-5H;3*1,3-4H2,2H3;. The van der Waals surface area contributed by atoms with E-state index in [4.69, 9.17) is 0 Å². The van der Waals surface area contributed by atoms with E-state index >= 15 is 0 Å². The van der Waals surface area contributed by atoms with Crippen LogP contribution in [-0.2, 0) is 0 Å². The molecule has 0 saturated heterocycles. The molecule has 0 radical (unpaired) electrons. The van der Waals surface area contributed by atoms with Crippen molar-refractivity contribution in [3.63, 3.8) is 0 Å². The third kappa shape index (κ3) is 6.38. The van der Waals surface area contributed by atoms with Gasteiger partial charge in [0.25, 0.3) is 0 Å². The molecule has 0 nitrogen and oxygen atoms in total. The molecule has 1 aliphatic carbocycles. The van der Waals surface area contributed by atoms with Crippen LogP contribution in [0.4, 0.5) is 0 Å². The molecule has 0 atom stereocenters. The number of hydrogen-bond acceptors (Lipinski definition) is 0. The second-order valence-corrected chi connectivity index (χ2v) is 18.2. The topological polar surface area (TPSA) is 0 Å². The average molecular weight is 377 g/mol. The first-order valence-corrected chi connectivity index (χ1v) is 15.9. The monoisotopic (exact) mass is 378 g/mol. The zero-order valence-electron chi connectivity index (χ0n) is 13.6. The molecule has 0 N–H and O–H groups in total. The first-order chi connectivity index (χ1) is 9.76. The minimum absolute atomic E-state index is 1.11. The molecule has 0 heterocycles. The Morgan fingerprint density at radius 3 is 1.90 bits per heavy atom. The third-order valence-electron chi connectivity index (χ3n) is 4.09. The zero-order chi connectivity index (χ0) is 14.7. The molecule has 0 saturated carbocycles. The van der Waals surface area contributed by atoms with Gasteiger partial charge in [0.2, 0.25) is 0 Å². The molecule has 0 bridgehead atoms. The van der Waals surface area contributed by atoms with Gasteiger partial charge in [-0.3, -0.25) is 0 Å². The van der Waals surface area contributed by atoms with Crippen molar-refractivity contribution in [2.75, 3.05) is 0 Å². The molecular weight excluding hydrogens is 347 g/mol. The second kappa shape index (κ2) is 10.4. The van der Waals surface area contributed by atoms with E-state index < -0.39 is 18.4 Å². The Morgan fingerprint density at radius 2 is 1.50 bits per heavy atom. The van der Waals surface area contributed by atoms with Gasteiger partial charge in [-0.05, 0) is 0 Å². The molecule has 110 valence electrons. The summed E-state index contributed by atoms with van der Waals surface area (Å²) in [4.78, 5) is 0. The Labute approximate surface area is 130 Å². The maximum absolute atomic E-state index is 3.87. The van der Waals surface area contributed by atoms with Gasteiger partial charge in [0.15, 0.2) is 0 Å². The Bertz CT molecular complexity index is 403. The molecule has 0 spiro atoms. The van der Waals surface area contributed by atoms with Crippen LogP contribution in [0.15, 0.2) is 29.5 Å². The minimum atomic E-state index is -2.23. The Balaban J connectivity index is 2.86. The first-order valence-electron chi connectivity index (χ1n) is 8.43. The summed E-state index contributed by atoms with van der Waals surface area (Å²) in [7, 11) is 0. The van der Waals surface area contributed by atoms with Crippen LogP contribution in [0.3, 0.4) is 0 Å². The normalized spacial score (nSPS) is 13.2. The van der Waals surface area contributed by atoms with E-state index in [1.54, 1.807) is 0 Å². The Kier molecular flexibility index (Phi) is 9.15. The van der Waals surface area contributed by atoms with Crippen molar-refractivity contribution in [1.82, 2.24) is 0 Å². The number of allylic oxidation sites excluding steroid dienone is 3. The quantitative estimate of drug-likeness (QED) is 0.262. The summed E-state index contributed by atoms with van der Waals surface area (Å²) in [6.45, 7) is 6.94. The number of rotatable bonds is 9. The fraction of sp³-hybridized carbons (Fsp3) is 0.632. The summed E-state index contributed by atoms with van der Waals surface area (Å²) in [5.74, 6) is 3.48. The summed E-state index contributed by atoms with van der Waals surface area (Å²) in [5.41, 5.74) is 4.35. The van der Waals surface area contributed by atoms with Crippen LogP contribution in [0.2, 0.25) is 13.3 Å². The van der Waals surface area contributed by atoms with E-state index in [9.17, 15) is 0 Å². The summed E-state index contributed by atoms with van der Waals surface area (Å²) in [6.07, 6.45) is 14.3. The van der Waals surface area contributed by atoms with Gasteiger partial charge in [-0.2, -0.15) is 0 Å². The van der Waals surface area contributed by atoms with Crippen LogP contribution in [0.1, 0.15) is 59.3 Å². The van der Waals surface area contributed by atoms with E-state index in [-0.39, 0.29) is 0 Å². The van der Waals surface area contributed by atoms with E-state index in [0.29, 0.717) is 0 Å². The van der Waals surface area contributed by atoms with Crippen molar-refractivity contribution in [1.29, 1.82) is 0 Å². The van der Waals surface area contributed by atoms with Crippen LogP contribution in [0, 0.1) is 9.86 Å². The van der Waals surface area contributed by atoms with Gasteiger partial charge in [-0.25, -0.2) is 0 Å². The predicted molar refractivity (Wildman–Crippen MR) is 93.4 cm³/mol. The molecule has 0 aliphatic heterocycles. The van der Waals surface area contributed by atoms with E-state index in [1.165, 1.54) is 51.8 Å². The molecule has 1 heteroatoms. The van der Waals surface area contributed by atoms with E-state index in [2.05, 4.69) is 42.4 Å². The molecule has 0 unspecified atom stereocenters. The van der Waals surface area contributed by atoms with Crippen LogP contribution >= 0.6 is 0 Å². The van der Waals surface area contributed by atoms with Gasteiger partial charge < -0.3 is 0 Å². The molecule has 0 aromatic rings. The second-order valence-electron chi connectivity index (χ2n) is 5.92. The van der Waals surface area contributed by atoms with Crippen molar-refractivity contribution >= 4 is 18.4 Å². The summed E-state index contributed by atoms with van der Waals surface area (Å²) < 4.78 is 8.28. The summed E-state index contributed by atoms with van der Waals surface area (Å²) in [5, 5.41) is 0. The van der Waals surface area contributed by atoms with Crippen molar-refractivity contribution in [2.45, 2.75) is 72.6 Å². The van der Waals surface area contributed by atoms with E-state index in [0.717, 1.165) is 5.57 Å². The first kappa shape index (κ1) is 17.7. The molecule has 0 aromatic heterocycles. The molecule has 1 rings (SSSR count). The fourth-order valence-electron chi connectivity index (χ4n) is 2.72. The Morgan fingerprint density at radius 1 is 0.950 bits per heavy atom. The van der Waals surface area contributed by atoms with Gasteiger partial charge in [0.1, 0.15) is 0 Å². The molecule has 0 amide bonds. The molecule has 0 aromatic carbocycles. The molecule has 0 fully saturated rings. The van der Waals surface area contributed by atoms with Gasteiger partial charge in [-0.15, -0.1) is 0 Å². The maximum atomic E-state index is 3.87.